The van der Waals surface area contributed by atoms with Gasteiger partial charge in [0, 0.05) is 6.20 Å². The lowest BCUT2D eigenvalue weighted by molar-refractivity contribution is -0.123. The number of rotatable bonds is 8. The first-order valence-electron chi connectivity index (χ1n) is 10.5. The van der Waals surface area contributed by atoms with Crippen LogP contribution in [0.5, 0.6) is 0 Å². The maximum Gasteiger partial charge on any atom is 0.237 e. The summed E-state index contributed by atoms with van der Waals surface area (Å²) in [4.78, 5) is 20.8. The minimum atomic E-state index is -3.53. The van der Waals surface area contributed by atoms with E-state index in [0.29, 0.717) is 24.1 Å². The Hall–Kier alpha value is -3.77. The Morgan fingerprint density at radius 1 is 1.18 bits per heavy atom. The molecule has 0 spiro atoms. The molecule has 0 bridgehead atoms. The zero-order valence-corrected chi connectivity index (χ0v) is 18.8. The van der Waals surface area contributed by atoms with Gasteiger partial charge in [-0.1, -0.05) is 42.5 Å². The highest BCUT2D eigenvalue weighted by atomic mass is 32.2. The molecule has 3 aromatic rings. The number of nitrogens with one attached hydrogen (secondary N) is 1. The van der Waals surface area contributed by atoms with Crippen molar-refractivity contribution in [2.24, 2.45) is 5.73 Å². The summed E-state index contributed by atoms with van der Waals surface area (Å²) in [6, 6.07) is 18.6. The van der Waals surface area contributed by atoms with E-state index in [4.69, 9.17) is 5.73 Å². The van der Waals surface area contributed by atoms with Gasteiger partial charge in [0.15, 0.2) is 0 Å². The molecule has 0 radical (unpaired) electrons. The first kappa shape index (κ1) is 22.4. The number of nitrogens with two attached hydrogens (primary N) is 1. The van der Waals surface area contributed by atoms with Crippen LogP contribution in [0.4, 0.5) is 5.95 Å². The number of carbonyl (C=O) groups excluding carboxylic acids is 1. The lowest BCUT2D eigenvalue weighted by Crippen LogP contribution is -2.41. The van der Waals surface area contributed by atoms with Crippen LogP contribution in [0.15, 0.2) is 60.8 Å². The predicted octanol–water partition coefficient (Wildman–Crippen LogP) is 2.91. The number of hydrogen-bond donors (Lipinski definition) is 2. The molecular formula is C24H23N5O3S. The molecule has 3 N–H and O–H groups in total. The molecular weight excluding hydrogens is 438 g/mol. The molecule has 4 rings (SSSR count). The molecule has 8 nitrogen and oxygen atoms in total. The van der Waals surface area contributed by atoms with Crippen LogP contribution in [0.1, 0.15) is 36.6 Å². The van der Waals surface area contributed by atoms with Crippen LogP contribution >= 0.6 is 0 Å². The summed E-state index contributed by atoms with van der Waals surface area (Å²) in [6.45, 7) is 1.68. The van der Waals surface area contributed by atoms with E-state index in [2.05, 4.69) is 20.8 Å². The van der Waals surface area contributed by atoms with Crippen LogP contribution in [0, 0.1) is 11.3 Å². The normalized spacial score (nSPS) is 15.3. The van der Waals surface area contributed by atoms with Crippen molar-refractivity contribution in [1.82, 2.24) is 9.97 Å². The quantitative estimate of drug-likeness (QED) is 0.529. The molecule has 0 saturated heterocycles. The molecule has 33 heavy (non-hydrogen) atoms. The fourth-order valence-corrected chi connectivity index (χ4v) is 4.93. The van der Waals surface area contributed by atoms with Crippen molar-refractivity contribution < 1.29 is 13.2 Å². The molecule has 1 aliphatic carbocycles. The van der Waals surface area contributed by atoms with Gasteiger partial charge in [0.25, 0.3) is 0 Å². The Labute approximate surface area is 192 Å². The van der Waals surface area contributed by atoms with Crippen LogP contribution in [0.25, 0.3) is 11.1 Å². The minimum Gasteiger partial charge on any atom is -0.369 e. The molecule has 168 valence electrons. The van der Waals surface area contributed by atoms with Crippen molar-refractivity contribution in [3.8, 4) is 17.2 Å². The van der Waals surface area contributed by atoms with E-state index < -0.39 is 26.6 Å². The highest BCUT2D eigenvalue weighted by molar-refractivity contribution is 7.93. The van der Waals surface area contributed by atoms with Crippen LogP contribution in [-0.2, 0) is 26.7 Å². The molecule has 1 aromatic heterocycles. The van der Waals surface area contributed by atoms with Gasteiger partial charge in [-0.05, 0) is 55.0 Å². The van der Waals surface area contributed by atoms with Gasteiger partial charge in [-0.25, -0.2) is 18.4 Å². The van der Waals surface area contributed by atoms with Gasteiger partial charge in [0.1, 0.15) is 0 Å². The van der Waals surface area contributed by atoms with E-state index in [1.807, 2.05) is 42.5 Å². The highest BCUT2D eigenvalue weighted by Gasteiger charge is 2.38. The number of amides is 1. The average molecular weight is 462 g/mol. The van der Waals surface area contributed by atoms with E-state index in [1.54, 1.807) is 19.1 Å². The predicted molar refractivity (Wildman–Crippen MR) is 124 cm³/mol. The van der Waals surface area contributed by atoms with Crippen molar-refractivity contribution in [2.75, 3.05) is 4.72 Å². The van der Waals surface area contributed by atoms with Gasteiger partial charge in [-0.15, -0.1) is 0 Å². The number of hydrogen-bond acceptors (Lipinski definition) is 6. The summed E-state index contributed by atoms with van der Waals surface area (Å²) < 4.78 is 26.9. The number of primary amides is 1. The van der Waals surface area contributed by atoms with E-state index in [9.17, 15) is 18.5 Å². The maximum absolute atomic E-state index is 12.5. The Morgan fingerprint density at radius 3 is 2.52 bits per heavy atom. The van der Waals surface area contributed by atoms with Crippen molar-refractivity contribution in [3.63, 3.8) is 0 Å². The number of anilines is 1. The van der Waals surface area contributed by atoms with Crippen molar-refractivity contribution >= 4 is 21.9 Å². The number of carbonyl (C=O) groups is 1. The third-order valence-corrected chi connectivity index (χ3v) is 7.65. The molecule has 1 amide bonds. The van der Waals surface area contributed by atoms with Gasteiger partial charge in [-0.2, -0.15) is 5.26 Å². The molecule has 0 aliphatic heterocycles. The first-order valence-corrected chi connectivity index (χ1v) is 12.0. The number of aromatic nitrogens is 2. The topological polar surface area (TPSA) is 139 Å². The standard InChI is InChI=1S/C24H23N5O3S/c1-24(22(26)30,21-12-13-27-23(28-21)29-33(31,32)19-10-11-19)14-16-6-8-17(9-7-16)20-5-3-2-4-18(20)15-25/h2-9,12-13,19H,10-11,14H2,1H3,(H2,26,30)(H,27,28,29). The van der Waals surface area contributed by atoms with Crippen LogP contribution in [-0.4, -0.2) is 29.5 Å². The third-order valence-electron chi connectivity index (χ3n) is 5.83. The first-order chi connectivity index (χ1) is 15.7. The molecule has 2 aromatic carbocycles. The van der Waals surface area contributed by atoms with Gasteiger partial charge in [0.2, 0.25) is 21.9 Å². The summed E-state index contributed by atoms with van der Waals surface area (Å²) in [5.74, 6) is -0.661. The molecule has 9 heteroatoms. The SMILES string of the molecule is CC(Cc1ccc(-c2ccccc2C#N)cc1)(C(N)=O)c1ccnc(NS(=O)(=O)C2CC2)n1. The summed E-state index contributed by atoms with van der Waals surface area (Å²) in [5, 5.41) is 8.93. The van der Waals surface area contributed by atoms with E-state index >= 15 is 0 Å². The van der Waals surface area contributed by atoms with Crippen molar-refractivity contribution in [3.05, 3.63) is 77.6 Å². The second-order valence-corrected chi connectivity index (χ2v) is 10.3. The summed E-state index contributed by atoms with van der Waals surface area (Å²) >= 11 is 0. The molecule has 1 saturated carbocycles. The summed E-state index contributed by atoms with van der Waals surface area (Å²) in [7, 11) is -3.53. The van der Waals surface area contributed by atoms with Crippen LogP contribution < -0.4 is 10.5 Å². The number of sulfonamides is 1. The largest absolute Gasteiger partial charge is 0.369 e. The Balaban J connectivity index is 1.60. The van der Waals surface area contributed by atoms with Crippen LogP contribution in [0.3, 0.4) is 0 Å². The van der Waals surface area contributed by atoms with Crippen molar-refractivity contribution in [1.29, 1.82) is 5.26 Å². The molecule has 1 fully saturated rings. The lowest BCUT2D eigenvalue weighted by Gasteiger charge is -2.26. The number of benzene rings is 2. The van der Waals surface area contributed by atoms with E-state index in [0.717, 1.165) is 16.7 Å². The zero-order chi connectivity index (χ0) is 23.6. The smallest absolute Gasteiger partial charge is 0.237 e. The summed E-state index contributed by atoms with van der Waals surface area (Å²) in [6.07, 6.45) is 2.90. The average Bonchev–Trinajstić information content (AvgIpc) is 3.66. The molecule has 1 unspecified atom stereocenters. The molecule has 1 heterocycles. The molecule has 1 atom stereocenters. The Kier molecular flexibility index (Phi) is 5.87. The van der Waals surface area contributed by atoms with E-state index in [-0.39, 0.29) is 12.4 Å². The van der Waals surface area contributed by atoms with Gasteiger partial charge >= 0.3 is 0 Å². The highest BCUT2D eigenvalue weighted by Crippen LogP contribution is 2.31. The second-order valence-electron chi connectivity index (χ2n) is 8.34. The Morgan fingerprint density at radius 2 is 1.88 bits per heavy atom. The van der Waals surface area contributed by atoms with Crippen LogP contribution in [0.2, 0.25) is 0 Å². The fourth-order valence-electron chi connectivity index (χ4n) is 3.65. The second kappa shape index (κ2) is 8.64. The minimum absolute atomic E-state index is 0.0738. The van der Waals surface area contributed by atoms with Gasteiger partial charge in [-0.3, -0.25) is 9.52 Å². The fraction of sp³-hybridized carbons (Fsp3) is 0.250. The third kappa shape index (κ3) is 4.71. The van der Waals surface area contributed by atoms with E-state index in [1.165, 1.54) is 6.20 Å². The van der Waals surface area contributed by atoms with Gasteiger partial charge in [0.05, 0.1) is 28.0 Å². The van der Waals surface area contributed by atoms with Gasteiger partial charge < -0.3 is 5.73 Å². The maximum atomic E-state index is 12.5. The number of nitrogens with zero attached hydrogens (tertiary/aromatic N) is 3. The van der Waals surface area contributed by atoms with Crippen molar-refractivity contribution in [2.45, 2.75) is 36.9 Å². The zero-order valence-electron chi connectivity index (χ0n) is 18.0. The monoisotopic (exact) mass is 461 g/mol. The molecule has 1 aliphatic rings. The Bertz CT molecular complexity index is 1350. The summed E-state index contributed by atoms with van der Waals surface area (Å²) in [5.41, 5.74) is 8.05. The number of nitriles is 1. The lowest BCUT2D eigenvalue weighted by atomic mass is 9.79.